The van der Waals surface area contributed by atoms with Gasteiger partial charge in [-0.3, -0.25) is 19.8 Å². The molecule has 3 aromatic rings. The zero-order valence-corrected chi connectivity index (χ0v) is 23.1. The number of thiophene rings is 1. The van der Waals surface area contributed by atoms with E-state index in [4.69, 9.17) is 33.3 Å². The summed E-state index contributed by atoms with van der Waals surface area (Å²) in [7, 11) is 1.78. The lowest BCUT2D eigenvalue weighted by molar-refractivity contribution is -0.137. The molecule has 0 aliphatic carbocycles. The summed E-state index contributed by atoms with van der Waals surface area (Å²) < 4.78 is 0. The lowest BCUT2D eigenvalue weighted by Crippen LogP contribution is -2.25. The van der Waals surface area contributed by atoms with Gasteiger partial charge in [-0.05, 0) is 44.9 Å². The Hall–Kier alpha value is -2.24. The fourth-order valence-corrected chi connectivity index (χ4v) is 6.60. The zero-order chi connectivity index (χ0) is 25.8. The zero-order valence-electron chi connectivity index (χ0n) is 20.0. The number of anilines is 2. The van der Waals surface area contributed by atoms with E-state index in [0.717, 1.165) is 28.5 Å². The van der Waals surface area contributed by atoms with Gasteiger partial charge in [0.1, 0.15) is 5.82 Å². The van der Waals surface area contributed by atoms with E-state index in [1.165, 1.54) is 41.7 Å². The van der Waals surface area contributed by atoms with Crippen LogP contribution in [0.25, 0.3) is 10.6 Å². The number of likely N-dealkylation sites (tertiary alicyclic amines) is 1. The van der Waals surface area contributed by atoms with Gasteiger partial charge >= 0.3 is 5.97 Å². The molecule has 3 aromatic heterocycles. The molecule has 4 heterocycles. The summed E-state index contributed by atoms with van der Waals surface area (Å²) in [5.41, 5.74) is 1.16. The molecular weight excluding hydrogens is 541 g/mol. The molecule has 2 N–H and O–H groups in total. The maximum atomic E-state index is 13.0. The minimum Gasteiger partial charge on any atom is -0.481 e. The number of rotatable bonds is 10. The summed E-state index contributed by atoms with van der Waals surface area (Å²) in [6.07, 6.45) is 4.36. The van der Waals surface area contributed by atoms with Gasteiger partial charge in [0.2, 0.25) is 0 Å². The summed E-state index contributed by atoms with van der Waals surface area (Å²) in [5, 5.41) is 15.1. The van der Waals surface area contributed by atoms with E-state index in [-0.39, 0.29) is 12.3 Å². The first-order valence-electron chi connectivity index (χ1n) is 11.6. The summed E-state index contributed by atoms with van der Waals surface area (Å²) in [6, 6.07) is 3.98. The standard InChI is InChI=1S/C24H27Cl2N5O3S2/c1-14-5-3-8-31(14)12-19-21(18-10-16(25)13-35-18)28-24(36-19)29-23(34)15-9-17(26)22(27-11-15)30(2)7-4-6-20(32)33/h9-11,13-14H,3-8,12H2,1-2H3,(H,32,33)(H,28,29,34)/t14-/m0/s1. The number of halogens is 2. The molecule has 192 valence electrons. The van der Waals surface area contributed by atoms with Crippen LogP contribution in [0.4, 0.5) is 10.9 Å². The number of hydrogen-bond acceptors (Lipinski definition) is 8. The topological polar surface area (TPSA) is 98.7 Å². The van der Waals surface area contributed by atoms with Crippen LogP contribution in [0, 0.1) is 0 Å². The van der Waals surface area contributed by atoms with E-state index in [2.05, 4.69) is 22.1 Å². The molecule has 0 spiro atoms. The van der Waals surface area contributed by atoms with Crippen molar-refractivity contribution in [3.05, 3.63) is 44.2 Å². The van der Waals surface area contributed by atoms with Crippen LogP contribution in [0.5, 0.6) is 0 Å². The van der Waals surface area contributed by atoms with Crippen LogP contribution >= 0.6 is 45.9 Å². The number of hydrogen-bond donors (Lipinski definition) is 2. The Morgan fingerprint density at radius 2 is 2.14 bits per heavy atom. The Kier molecular flexibility index (Phi) is 8.84. The largest absolute Gasteiger partial charge is 0.481 e. The number of aromatic nitrogens is 2. The maximum absolute atomic E-state index is 13.0. The third-order valence-electron chi connectivity index (χ3n) is 6.09. The second-order valence-corrected chi connectivity index (χ2v) is 11.6. The van der Waals surface area contributed by atoms with Gasteiger partial charge in [0, 0.05) is 49.1 Å². The van der Waals surface area contributed by atoms with Crippen molar-refractivity contribution in [1.29, 1.82) is 0 Å². The third kappa shape index (κ3) is 6.54. The van der Waals surface area contributed by atoms with Crippen molar-refractivity contribution in [2.24, 2.45) is 0 Å². The average Bonchev–Trinajstić information content (AvgIpc) is 3.54. The lowest BCUT2D eigenvalue weighted by Gasteiger charge is -2.20. The van der Waals surface area contributed by atoms with Gasteiger partial charge in [0.25, 0.3) is 5.91 Å². The number of carboxylic acids is 1. The summed E-state index contributed by atoms with van der Waals surface area (Å²) in [6.45, 7) is 4.54. The number of amides is 1. The first-order valence-corrected chi connectivity index (χ1v) is 14.0. The molecule has 1 aliphatic heterocycles. The number of pyridine rings is 1. The normalized spacial score (nSPS) is 15.8. The molecule has 4 rings (SSSR count). The maximum Gasteiger partial charge on any atom is 0.303 e. The number of nitrogens with one attached hydrogen (secondary N) is 1. The van der Waals surface area contributed by atoms with Gasteiger partial charge in [-0.25, -0.2) is 9.97 Å². The van der Waals surface area contributed by atoms with Gasteiger partial charge in [-0.2, -0.15) is 0 Å². The van der Waals surface area contributed by atoms with E-state index in [1.54, 1.807) is 18.0 Å². The molecule has 0 radical (unpaired) electrons. The van der Waals surface area contributed by atoms with E-state index in [0.29, 0.717) is 45.6 Å². The average molecular weight is 569 g/mol. The number of nitrogens with zero attached hydrogens (tertiary/aromatic N) is 4. The molecule has 12 heteroatoms. The van der Waals surface area contributed by atoms with Gasteiger partial charge in [0.05, 0.1) is 26.2 Å². The van der Waals surface area contributed by atoms with Crippen LogP contribution in [0.15, 0.2) is 23.7 Å². The van der Waals surface area contributed by atoms with Crippen LogP contribution in [0.2, 0.25) is 10.0 Å². The molecule has 0 saturated carbocycles. The van der Waals surface area contributed by atoms with Gasteiger partial charge in [-0.15, -0.1) is 11.3 Å². The highest BCUT2D eigenvalue weighted by molar-refractivity contribution is 7.17. The molecule has 1 aliphatic rings. The minimum atomic E-state index is -0.847. The molecule has 0 aromatic carbocycles. The fraction of sp³-hybridized carbons (Fsp3) is 0.417. The van der Waals surface area contributed by atoms with Crippen molar-refractivity contribution in [2.45, 2.75) is 45.2 Å². The van der Waals surface area contributed by atoms with Crippen molar-refractivity contribution >= 4 is 68.7 Å². The molecule has 1 fully saturated rings. The van der Waals surface area contributed by atoms with Gasteiger partial charge < -0.3 is 10.0 Å². The Bertz CT molecular complexity index is 1250. The highest BCUT2D eigenvalue weighted by Crippen LogP contribution is 2.38. The molecule has 1 atom stereocenters. The monoisotopic (exact) mass is 567 g/mol. The Morgan fingerprint density at radius 1 is 1.33 bits per heavy atom. The van der Waals surface area contributed by atoms with Crippen LogP contribution in [-0.4, -0.2) is 58.0 Å². The van der Waals surface area contributed by atoms with Crippen LogP contribution in [0.1, 0.15) is 47.8 Å². The van der Waals surface area contributed by atoms with Crippen molar-refractivity contribution in [3.63, 3.8) is 0 Å². The molecule has 1 amide bonds. The van der Waals surface area contributed by atoms with E-state index in [9.17, 15) is 9.59 Å². The highest BCUT2D eigenvalue weighted by Gasteiger charge is 2.25. The lowest BCUT2D eigenvalue weighted by atomic mass is 10.2. The van der Waals surface area contributed by atoms with Crippen molar-refractivity contribution in [2.75, 3.05) is 30.4 Å². The van der Waals surface area contributed by atoms with E-state index in [1.807, 2.05) is 11.4 Å². The molecule has 8 nitrogen and oxygen atoms in total. The van der Waals surface area contributed by atoms with Gasteiger partial charge in [0.15, 0.2) is 5.13 Å². The summed E-state index contributed by atoms with van der Waals surface area (Å²) in [4.78, 5) is 39.1. The van der Waals surface area contributed by atoms with Crippen molar-refractivity contribution in [3.8, 4) is 10.6 Å². The molecule has 36 heavy (non-hydrogen) atoms. The van der Waals surface area contributed by atoms with Crippen LogP contribution in [0.3, 0.4) is 0 Å². The predicted octanol–water partition coefficient (Wildman–Crippen LogP) is 6.11. The van der Waals surface area contributed by atoms with Crippen molar-refractivity contribution in [1.82, 2.24) is 14.9 Å². The SMILES string of the molecule is C[C@H]1CCCN1Cc1sc(NC(=O)c2cnc(N(C)CCCC(=O)O)c(Cl)c2)nc1-c1cc(Cl)cs1. The number of aliphatic carboxylic acids is 1. The molecule has 0 bridgehead atoms. The molecule has 0 unspecified atom stereocenters. The highest BCUT2D eigenvalue weighted by atomic mass is 35.5. The number of thiazole rings is 1. The second-order valence-electron chi connectivity index (χ2n) is 8.78. The second kappa shape index (κ2) is 11.9. The number of carbonyl (C=O) groups is 2. The quantitative estimate of drug-likeness (QED) is 0.305. The predicted molar refractivity (Wildman–Crippen MR) is 147 cm³/mol. The summed E-state index contributed by atoms with van der Waals surface area (Å²) in [5.74, 6) is -0.707. The number of carbonyl (C=O) groups excluding carboxylic acids is 1. The minimum absolute atomic E-state index is 0.0641. The van der Waals surface area contributed by atoms with E-state index < -0.39 is 5.97 Å². The smallest absolute Gasteiger partial charge is 0.303 e. The molecular formula is C24H27Cl2N5O3S2. The summed E-state index contributed by atoms with van der Waals surface area (Å²) >= 11 is 15.6. The first kappa shape index (κ1) is 26.8. The van der Waals surface area contributed by atoms with E-state index >= 15 is 0 Å². The number of carboxylic acid groups (broad SMARTS) is 1. The third-order valence-corrected chi connectivity index (χ3v) is 8.60. The van der Waals surface area contributed by atoms with Crippen LogP contribution in [-0.2, 0) is 11.3 Å². The molecule has 1 saturated heterocycles. The Labute approximate surface area is 227 Å². The Balaban J connectivity index is 1.49. The fourth-order valence-electron chi connectivity index (χ4n) is 4.13. The van der Waals surface area contributed by atoms with Crippen molar-refractivity contribution < 1.29 is 14.7 Å². The van der Waals surface area contributed by atoms with Gasteiger partial charge in [-0.1, -0.05) is 34.5 Å². The van der Waals surface area contributed by atoms with Crippen LogP contribution < -0.4 is 10.2 Å². The Morgan fingerprint density at radius 3 is 2.78 bits per heavy atom. The first-order chi connectivity index (χ1) is 17.2.